The molecular formula is C35H32ClN3O4. The molecule has 0 saturated carbocycles. The average molecular weight is 594 g/mol. The lowest BCUT2D eigenvalue weighted by Gasteiger charge is -2.33. The van der Waals surface area contributed by atoms with Crippen LogP contribution in [0.5, 0.6) is 5.75 Å². The van der Waals surface area contributed by atoms with Crippen molar-refractivity contribution in [2.24, 2.45) is 0 Å². The zero-order chi connectivity index (χ0) is 30.4. The Kier molecular flexibility index (Phi) is 7.44. The second-order valence-corrected chi connectivity index (χ2v) is 11.7. The SMILES string of the molecule is C=CC(=O)N1CCC(n2c(=O)c(=O)n(-c3ccccc3C(C)C)c3cc(-c4cc(O)cc5ccccc45)c(Cl)cc32)CC1. The number of amides is 1. The largest absolute Gasteiger partial charge is 0.508 e. The number of carbonyl (C=O) groups is 1. The fraction of sp³-hybridized carbons (Fsp3) is 0.229. The molecule has 4 aromatic carbocycles. The number of hydrogen-bond acceptors (Lipinski definition) is 4. The van der Waals surface area contributed by atoms with E-state index in [0.29, 0.717) is 58.8 Å². The van der Waals surface area contributed by atoms with Crippen LogP contribution < -0.4 is 11.1 Å². The summed E-state index contributed by atoms with van der Waals surface area (Å²) in [6.07, 6.45) is 2.32. The molecule has 0 unspecified atom stereocenters. The van der Waals surface area contributed by atoms with Crippen LogP contribution in [0.4, 0.5) is 0 Å². The van der Waals surface area contributed by atoms with Crippen LogP contribution in [0.1, 0.15) is 44.2 Å². The van der Waals surface area contributed by atoms with Crippen LogP contribution in [-0.4, -0.2) is 38.1 Å². The number of carbonyl (C=O) groups excluding carboxylic acids is 1. The fourth-order valence-electron chi connectivity index (χ4n) is 6.32. The second kappa shape index (κ2) is 11.2. The highest BCUT2D eigenvalue weighted by atomic mass is 35.5. The van der Waals surface area contributed by atoms with Crippen molar-refractivity contribution in [2.45, 2.75) is 38.6 Å². The molecule has 2 heterocycles. The summed E-state index contributed by atoms with van der Waals surface area (Å²) in [5.41, 5.74) is 2.70. The summed E-state index contributed by atoms with van der Waals surface area (Å²) in [7, 11) is 0. The molecule has 0 radical (unpaired) electrons. The highest BCUT2D eigenvalue weighted by Crippen LogP contribution is 2.39. The third-order valence-electron chi connectivity index (χ3n) is 8.42. The molecule has 1 amide bonds. The molecule has 1 aliphatic rings. The number of hydrogen-bond donors (Lipinski definition) is 1. The Hall–Kier alpha value is -4.62. The zero-order valence-electron chi connectivity index (χ0n) is 24.1. The maximum absolute atomic E-state index is 14.1. The van der Waals surface area contributed by atoms with E-state index in [9.17, 15) is 19.5 Å². The molecule has 8 heteroatoms. The first-order valence-electron chi connectivity index (χ1n) is 14.4. The minimum Gasteiger partial charge on any atom is -0.508 e. The Morgan fingerprint density at radius 2 is 1.63 bits per heavy atom. The van der Waals surface area contributed by atoms with Crippen molar-refractivity contribution in [3.63, 3.8) is 0 Å². The maximum Gasteiger partial charge on any atom is 0.321 e. The molecule has 0 spiro atoms. The third-order valence-corrected chi connectivity index (χ3v) is 8.73. The molecule has 0 atom stereocenters. The van der Waals surface area contributed by atoms with Crippen LogP contribution in [0.3, 0.4) is 0 Å². The molecule has 1 aromatic heterocycles. The van der Waals surface area contributed by atoms with Gasteiger partial charge in [0.1, 0.15) is 5.75 Å². The predicted molar refractivity (Wildman–Crippen MR) is 173 cm³/mol. The summed E-state index contributed by atoms with van der Waals surface area (Å²) in [4.78, 5) is 42.0. The normalized spacial score (nSPS) is 14.1. The first kappa shape index (κ1) is 28.5. The molecule has 0 bridgehead atoms. The summed E-state index contributed by atoms with van der Waals surface area (Å²) in [6, 6.07) is 22.0. The van der Waals surface area contributed by atoms with Crippen molar-refractivity contribution in [1.82, 2.24) is 14.0 Å². The van der Waals surface area contributed by atoms with Gasteiger partial charge in [-0.25, -0.2) is 0 Å². The Bertz CT molecular complexity index is 2030. The first-order chi connectivity index (χ1) is 20.7. The molecule has 7 nitrogen and oxygen atoms in total. The molecule has 1 aliphatic heterocycles. The molecule has 1 N–H and O–H groups in total. The van der Waals surface area contributed by atoms with E-state index in [-0.39, 0.29) is 23.6 Å². The summed E-state index contributed by atoms with van der Waals surface area (Å²) in [6.45, 7) is 8.58. The molecular weight excluding hydrogens is 562 g/mol. The lowest BCUT2D eigenvalue weighted by atomic mass is 9.96. The number of fused-ring (bicyclic) bond motifs is 2. The second-order valence-electron chi connectivity index (χ2n) is 11.3. The molecule has 1 fully saturated rings. The van der Waals surface area contributed by atoms with Crippen LogP contribution in [0.25, 0.3) is 38.6 Å². The van der Waals surface area contributed by atoms with Gasteiger partial charge in [-0.3, -0.25) is 23.5 Å². The number of aromatic nitrogens is 2. The molecule has 218 valence electrons. The number of halogens is 1. The number of para-hydroxylation sites is 1. The van der Waals surface area contributed by atoms with E-state index in [1.165, 1.54) is 10.6 Å². The number of likely N-dealkylation sites (tertiary alicyclic amines) is 1. The van der Waals surface area contributed by atoms with Gasteiger partial charge in [0.05, 0.1) is 21.7 Å². The van der Waals surface area contributed by atoms with Crippen LogP contribution in [0.15, 0.2) is 95.0 Å². The standard InChI is InChI=1S/C35H32ClN3O4/c1-4-33(41)37-15-13-23(14-16-37)38-32-20-29(36)28(27-18-24(40)17-22-9-5-6-11-26(22)27)19-31(32)39(35(43)34(38)42)30-12-8-7-10-25(30)21(2)3/h4-12,17-21,23,40H,1,13-16H2,2-3H3. The smallest absolute Gasteiger partial charge is 0.321 e. The fourth-order valence-corrected chi connectivity index (χ4v) is 6.58. The lowest BCUT2D eigenvalue weighted by molar-refractivity contribution is -0.127. The number of phenols is 1. The van der Waals surface area contributed by atoms with Gasteiger partial charge in [0.2, 0.25) is 5.91 Å². The van der Waals surface area contributed by atoms with Crippen molar-refractivity contribution in [3.8, 4) is 22.6 Å². The van der Waals surface area contributed by atoms with Gasteiger partial charge in [0.25, 0.3) is 0 Å². The summed E-state index contributed by atoms with van der Waals surface area (Å²) >= 11 is 7.01. The minimum atomic E-state index is -0.653. The first-order valence-corrected chi connectivity index (χ1v) is 14.8. The summed E-state index contributed by atoms with van der Waals surface area (Å²) < 4.78 is 3.07. The lowest BCUT2D eigenvalue weighted by Crippen LogP contribution is -2.46. The molecule has 1 saturated heterocycles. The van der Waals surface area contributed by atoms with Gasteiger partial charge < -0.3 is 10.0 Å². The van der Waals surface area contributed by atoms with Gasteiger partial charge in [0.15, 0.2) is 0 Å². The van der Waals surface area contributed by atoms with Crippen molar-refractivity contribution >= 4 is 39.3 Å². The van der Waals surface area contributed by atoms with Gasteiger partial charge in [-0.05, 0) is 77.1 Å². The van der Waals surface area contributed by atoms with E-state index >= 15 is 0 Å². The van der Waals surface area contributed by atoms with E-state index in [2.05, 4.69) is 6.58 Å². The molecule has 43 heavy (non-hydrogen) atoms. The van der Waals surface area contributed by atoms with Crippen LogP contribution in [0, 0.1) is 0 Å². The molecule has 5 aromatic rings. The number of phenolic OH excluding ortho intramolecular Hbond substituents is 1. The Morgan fingerprint density at radius 1 is 0.930 bits per heavy atom. The van der Waals surface area contributed by atoms with E-state index in [4.69, 9.17) is 11.6 Å². The molecule has 6 rings (SSSR count). The number of rotatable bonds is 5. The van der Waals surface area contributed by atoms with E-state index in [0.717, 1.165) is 16.3 Å². The van der Waals surface area contributed by atoms with Gasteiger partial charge >= 0.3 is 11.1 Å². The maximum atomic E-state index is 14.1. The van der Waals surface area contributed by atoms with E-state index in [1.807, 2.05) is 68.4 Å². The van der Waals surface area contributed by atoms with Crippen molar-refractivity contribution in [2.75, 3.05) is 13.1 Å². The quantitative estimate of drug-likeness (QED) is 0.179. The monoisotopic (exact) mass is 593 g/mol. The van der Waals surface area contributed by atoms with Gasteiger partial charge in [-0.1, -0.05) is 74.5 Å². The average Bonchev–Trinajstić information content (AvgIpc) is 3.01. The van der Waals surface area contributed by atoms with Crippen molar-refractivity contribution in [1.29, 1.82) is 0 Å². The summed E-state index contributed by atoms with van der Waals surface area (Å²) in [5.74, 6) is 0.0368. The van der Waals surface area contributed by atoms with E-state index in [1.54, 1.807) is 27.7 Å². The van der Waals surface area contributed by atoms with Crippen LogP contribution >= 0.6 is 11.6 Å². The van der Waals surface area contributed by atoms with Crippen molar-refractivity contribution in [3.05, 3.63) is 117 Å². The Labute approximate surface area is 253 Å². The zero-order valence-corrected chi connectivity index (χ0v) is 24.8. The summed E-state index contributed by atoms with van der Waals surface area (Å²) in [5, 5.41) is 12.7. The Morgan fingerprint density at radius 3 is 2.35 bits per heavy atom. The number of piperidine rings is 1. The third kappa shape index (κ3) is 4.93. The number of nitrogens with zero attached hydrogens (tertiary/aromatic N) is 3. The predicted octanol–water partition coefficient (Wildman–Crippen LogP) is 6.80. The highest BCUT2D eigenvalue weighted by Gasteiger charge is 2.28. The Balaban J connectivity index is 1.67. The van der Waals surface area contributed by atoms with Crippen molar-refractivity contribution < 1.29 is 9.90 Å². The molecule has 0 aliphatic carbocycles. The highest BCUT2D eigenvalue weighted by molar-refractivity contribution is 6.34. The topological polar surface area (TPSA) is 84.5 Å². The van der Waals surface area contributed by atoms with Gasteiger partial charge in [0, 0.05) is 24.7 Å². The minimum absolute atomic E-state index is 0.0918. The van der Waals surface area contributed by atoms with Crippen LogP contribution in [0.2, 0.25) is 5.02 Å². The van der Waals surface area contributed by atoms with Gasteiger partial charge in [-0.2, -0.15) is 0 Å². The van der Waals surface area contributed by atoms with Gasteiger partial charge in [-0.15, -0.1) is 0 Å². The number of benzene rings is 4. The van der Waals surface area contributed by atoms with Crippen LogP contribution in [-0.2, 0) is 4.79 Å². The van der Waals surface area contributed by atoms with E-state index < -0.39 is 11.1 Å². The number of aromatic hydroxyl groups is 1.